The van der Waals surface area contributed by atoms with E-state index < -0.39 is 17.5 Å². The van der Waals surface area contributed by atoms with Gasteiger partial charge in [-0.3, -0.25) is 14.6 Å². The van der Waals surface area contributed by atoms with E-state index in [-0.39, 0.29) is 34.4 Å². The lowest BCUT2D eigenvalue weighted by Crippen LogP contribution is -2.32. The Hall–Kier alpha value is -4.05. The van der Waals surface area contributed by atoms with Gasteiger partial charge in [0.2, 0.25) is 0 Å². The van der Waals surface area contributed by atoms with Gasteiger partial charge in [0.25, 0.3) is 5.91 Å². The van der Waals surface area contributed by atoms with Crippen LogP contribution in [0.5, 0.6) is 5.75 Å². The molecule has 11 heteroatoms. The fourth-order valence-corrected chi connectivity index (χ4v) is 3.65. The number of H-pyrrole nitrogens is 1. The molecule has 0 aliphatic heterocycles. The molecule has 0 fully saturated rings. The monoisotopic (exact) mass is 484 g/mol. The molecule has 0 spiro atoms. The molecule has 1 amide bonds. The number of halogens is 3. The first-order valence-corrected chi connectivity index (χ1v) is 10.4. The number of aromatic nitrogens is 4. The second-order valence-corrected chi connectivity index (χ2v) is 8.01. The Morgan fingerprint density at radius 1 is 1.24 bits per heavy atom. The summed E-state index contributed by atoms with van der Waals surface area (Å²) < 4.78 is 29.6. The molecule has 0 atom stereocenters. The van der Waals surface area contributed by atoms with Gasteiger partial charge in [-0.1, -0.05) is 11.6 Å². The van der Waals surface area contributed by atoms with Crippen molar-refractivity contribution in [2.24, 2.45) is 12.0 Å². The van der Waals surface area contributed by atoms with E-state index in [4.69, 9.17) is 11.6 Å². The van der Waals surface area contributed by atoms with Gasteiger partial charge in [0.05, 0.1) is 17.0 Å². The summed E-state index contributed by atoms with van der Waals surface area (Å²) in [6.07, 6.45) is 1.61. The minimum Gasteiger partial charge on any atom is -0.508 e. The van der Waals surface area contributed by atoms with E-state index in [0.29, 0.717) is 22.5 Å². The quantitative estimate of drug-likeness (QED) is 0.287. The number of phenols is 1. The van der Waals surface area contributed by atoms with Gasteiger partial charge in [-0.05, 0) is 42.8 Å². The second kappa shape index (κ2) is 9.44. The van der Waals surface area contributed by atoms with Crippen LogP contribution in [0.25, 0.3) is 11.3 Å². The minimum absolute atomic E-state index is 0.0400. The summed E-state index contributed by atoms with van der Waals surface area (Å²) in [6, 6.07) is 9.22. The largest absolute Gasteiger partial charge is 0.508 e. The highest BCUT2D eigenvalue weighted by atomic mass is 35.5. The molecular weight excluding hydrogens is 466 g/mol. The number of hydrogen-bond donors (Lipinski definition) is 3. The van der Waals surface area contributed by atoms with Crippen LogP contribution >= 0.6 is 11.6 Å². The molecule has 2 heterocycles. The Bertz CT molecular complexity index is 1390. The molecule has 4 rings (SSSR count). The van der Waals surface area contributed by atoms with Gasteiger partial charge in [0.1, 0.15) is 23.2 Å². The topological polar surface area (TPSA) is 108 Å². The van der Waals surface area contributed by atoms with Gasteiger partial charge >= 0.3 is 0 Å². The molecule has 0 saturated heterocycles. The predicted octanol–water partition coefficient (Wildman–Crippen LogP) is 4.46. The minimum atomic E-state index is -0.644. The van der Waals surface area contributed by atoms with Crippen LogP contribution in [0, 0.1) is 18.6 Å². The number of nitrogens with one attached hydrogen (secondary N) is 2. The summed E-state index contributed by atoms with van der Waals surface area (Å²) in [5.74, 6) is -1.51. The third-order valence-electron chi connectivity index (χ3n) is 4.87. The van der Waals surface area contributed by atoms with Crippen molar-refractivity contribution in [2.45, 2.75) is 13.3 Å². The van der Waals surface area contributed by atoms with Crippen molar-refractivity contribution in [3.05, 3.63) is 82.1 Å². The normalized spacial score (nSPS) is 11.6. The molecule has 8 nitrogen and oxygen atoms in total. The standard InChI is InChI=1S/C23H19ClF2N6O2/c1-12-18(11-32(2)31-12)23(34)28-21(7-13-5-14(24)8-15(25)6-13)27-22-10-20(29-30-22)17-4-3-16(33)9-19(17)26/h3-6,8-11,33H,7H2,1-2H3,(H2,27,28,29,30,34). The Morgan fingerprint density at radius 3 is 2.71 bits per heavy atom. The maximum absolute atomic E-state index is 14.2. The fraction of sp³-hybridized carbons (Fsp3) is 0.130. The number of aromatic hydroxyl groups is 1. The molecule has 3 N–H and O–H groups in total. The van der Waals surface area contributed by atoms with Gasteiger partial charge in [-0.25, -0.2) is 13.8 Å². The SMILES string of the molecule is Cc1nn(C)cc1C(=O)NC(Cc1cc(F)cc(Cl)c1)=Nc1cc(-c2ccc(O)cc2F)[nH]n1. The van der Waals surface area contributed by atoms with Crippen LogP contribution in [0.15, 0.2) is 53.7 Å². The van der Waals surface area contributed by atoms with Gasteiger partial charge in [-0.15, -0.1) is 0 Å². The number of aliphatic imine (C=N–C) groups is 1. The van der Waals surface area contributed by atoms with Crippen molar-refractivity contribution < 1.29 is 18.7 Å². The molecule has 0 aliphatic carbocycles. The molecule has 4 aromatic rings. The average molecular weight is 485 g/mol. The average Bonchev–Trinajstić information content (AvgIpc) is 3.32. The summed E-state index contributed by atoms with van der Waals surface area (Å²) in [4.78, 5) is 17.2. The number of rotatable bonds is 5. The Morgan fingerprint density at radius 2 is 2.03 bits per heavy atom. The van der Waals surface area contributed by atoms with E-state index in [0.717, 1.165) is 6.07 Å². The zero-order valence-electron chi connectivity index (χ0n) is 18.1. The molecule has 0 aliphatic rings. The third-order valence-corrected chi connectivity index (χ3v) is 5.08. The number of amides is 1. The number of aromatic amines is 1. The molecule has 0 bridgehead atoms. The zero-order valence-corrected chi connectivity index (χ0v) is 18.9. The van der Waals surface area contributed by atoms with Crippen molar-refractivity contribution in [3.63, 3.8) is 0 Å². The predicted molar refractivity (Wildman–Crippen MR) is 123 cm³/mol. The number of nitrogens with zero attached hydrogens (tertiary/aromatic N) is 4. The highest BCUT2D eigenvalue weighted by molar-refractivity contribution is 6.30. The third kappa shape index (κ3) is 5.29. The molecule has 2 aromatic carbocycles. The first-order valence-electron chi connectivity index (χ1n) is 10.1. The maximum Gasteiger partial charge on any atom is 0.260 e. The molecule has 0 radical (unpaired) electrons. The van der Waals surface area contributed by atoms with Crippen LogP contribution < -0.4 is 5.32 Å². The van der Waals surface area contributed by atoms with Crippen molar-refractivity contribution in [1.29, 1.82) is 0 Å². The number of carbonyl (C=O) groups is 1. The van der Waals surface area contributed by atoms with E-state index in [2.05, 4.69) is 25.6 Å². The molecule has 2 aromatic heterocycles. The smallest absolute Gasteiger partial charge is 0.260 e. The van der Waals surface area contributed by atoms with Gasteiger partial charge in [-0.2, -0.15) is 10.2 Å². The number of phenolic OH excluding ortho intramolecular Hbond substituents is 1. The molecule has 34 heavy (non-hydrogen) atoms. The van der Waals surface area contributed by atoms with Crippen molar-refractivity contribution in [3.8, 4) is 17.0 Å². The van der Waals surface area contributed by atoms with Crippen molar-refractivity contribution in [1.82, 2.24) is 25.3 Å². The van der Waals surface area contributed by atoms with Crippen molar-refractivity contribution >= 4 is 29.2 Å². The Kier molecular flexibility index (Phi) is 6.42. The number of amidine groups is 1. The number of carbonyl (C=O) groups excluding carboxylic acids is 1. The number of hydrogen-bond acceptors (Lipinski definition) is 5. The number of benzene rings is 2. The maximum atomic E-state index is 14.2. The fourth-order valence-electron chi connectivity index (χ4n) is 3.41. The lowest BCUT2D eigenvalue weighted by molar-refractivity contribution is 0.0976. The van der Waals surface area contributed by atoms with E-state index in [1.165, 1.54) is 35.0 Å². The number of aryl methyl sites for hydroxylation is 2. The summed E-state index contributed by atoms with van der Waals surface area (Å²) in [7, 11) is 1.70. The van der Waals surface area contributed by atoms with Crippen LogP contribution in [0.3, 0.4) is 0 Å². The van der Waals surface area contributed by atoms with Gasteiger partial charge in [0.15, 0.2) is 5.82 Å². The van der Waals surface area contributed by atoms with Crippen LogP contribution in [-0.4, -0.2) is 36.8 Å². The highest BCUT2D eigenvalue weighted by Crippen LogP contribution is 2.26. The zero-order chi connectivity index (χ0) is 24.4. The van der Waals surface area contributed by atoms with Crippen LogP contribution in [0.1, 0.15) is 21.6 Å². The van der Waals surface area contributed by atoms with E-state index >= 15 is 0 Å². The first-order chi connectivity index (χ1) is 16.2. The van der Waals surface area contributed by atoms with Gasteiger partial charge < -0.3 is 10.4 Å². The first kappa shape index (κ1) is 23.1. The lowest BCUT2D eigenvalue weighted by atomic mass is 10.1. The van der Waals surface area contributed by atoms with Crippen LogP contribution in [0.4, 0.5) is 14.6 Å². The van der Waals surface area contributed by atoms with E-state index in [1.54, 1.807) is 26.2 Å². The second-order valence-electron chi connectivity index (χ2n) is 7.57. The Labute approximate surface area is 197 Å². The summed E-state index contributed by atoms with van der Waals surface area (Å²) in [5, 5.41) is 23.2. The van der Waals surface area contributed by atoms with Gasteiger partial charge in [0, 0.05) is 42.4 Å². The molecule has 0 saturated carbocycles. The molecule has 174 valence electrons. The summed E-state index contributed by atoms with van der Waals surface area (Å²) in [5.41, 5.74) is 1.85. The van der Waals surface area contributed by atoms with E-state index in [1.807, 2.05) is 0 Å². The molecular formula is C23H19ClF2N6O2. The summed E-state index contributed by atoms with van der Waals surface area (Å²) in [6.45, 7) is 1.70. The van der Waals surface area contributed by atoms with Crippen LogP contribution in [0.2, 0.25) is 5.02 Å². The molecule has 0 unspecified atom stereocenters. The Balaban J connectivity index is 1.67. The summed E-state index contributed by atoms with van der Waals surface area (Å²) >= 11 is 5.97. The highest BCUT2D eigenvalue weighted by Gasteiger charge is 2.17. The van der Waals surface area contributed by atoms with E-state index in [9.17, 15) is 18.7 Å². The van der Waals surface area contributed by atoms with Crippen molar-refractivity contribution in [2.75, 3.05) is 0 Å². The van der Waals surface area contributed by atoms with Crippen LogP contribution in [-0.2, 0) is 13.5 Å². The lowest BCUT2D eigenvalue weighted by Gasteiger charge is -2.09.